The Morgan fingerprint density at radius 1 is 1.18 bits per heavy atom. The second-order valence-electron chi connectivity index (χ2n) is 8.89. The molecule has 1 fully saturated rings. The van der Waals surface area contributed by atoms with Crippen LogP contribution in [-0.2, 0) is 0 Å². The first-order valence-corrected chi connectivity index (χ1v) is 9.83. The lowest BCUT2D eigenvalue weighted by Gasteiger charge is -2.49. The van der Waals surface area contributed by atoms with Crippen molar-refractivity contribution >= 4 is 17.3 Å². The maximum Gasteiger partial charge on any atom is 0.189 e. The molecule has 0 aliphatic heterocycles. The first-order valence-electron chi connectivity index (χ1n) is 9.46. The van der Waals surface area contributed by atoms with Crippen LogP contribution in [-0.4, -0.2) is 5.71 Å². The van der Waals surface area contributed by atoms with E-state index in [1.54, 1.807) is 12.1 Å². The zero-order valence-corrected chi connectivity index (χ0v) is 17.1. The first kappa shape index (κ1) is 20.1. The third-order valence-corrected chi connectivity index (χ3v) is 6.67. The molecule has 1 aromatic rings. The van der Waals surface area contributed by atoms with Crippen molar-refractivity contribution in [3.8, 4) is 18.2 Å². The minimum atomic E-state index is -1.67. The lowest BCUT2D eigenvalue weighted by molar-refractivity contribution is 0.168. The van der Waals surface area contributed by atoms with Gasteiger partial charge in [-0.2, -0.15) is 15.8 Å². The zero-order valence-electron chi connectivity index (χ0n) is 16.3. The molecule has 0 radical (unpaired) electrons. The Kier molecular flexibility index (Phi) is 5.10. The molecule has 5 heteroatoms. The lowest BCUT2D eigenvalue weighted by atomic mass is 9.51. The fourth-order valence-electron chi connectivity index (χ4n) is 4.81. The molecule has 2 aliphatic rings. The Morgan fingerprint density at radius 3 is 2.39 bits per heavy atom. The van der Waals surface area contributed by atoms with Gasteiger partial charge in [0.25, 0.3) is 0 Å². The number of hydrogen-bond donors (Lipinski definition) is 1. The monoisotopic (exact) mass is 390 g/mol. The number of rotatable bonds is 1. The third-order valence-electron chi connectivity index (χ3n) is 6.43. The summed E-state index contributed by atoms with van der Waals surface area (Å²) in [4.78, 5) is 0. The van der Waals surface area contributed by atoms with Crippen LogP contribution in [0.1, 0.15) is 45.1 Å². The molecule has 1 aromatic carbocycles. The van der Waals surface area contributed by atoms with Crippen LogP contribution >= 0.6 is 11.6 Å². The highest BCUT2D eigenvalue weighted by Crippen LogP contribution is 2.57. The summed E-state index contributed by atoms with van der Waals surface area (Å²) in [5.74, 6) is -1.12. The first-order chi connectivity index (χ1) is 13.2. The van der Waals surface area contributed by atoms with Crippen LogP contribution < -0.4 is 0 Å². The quantitative estimate of drug-likeness (QED) is 0.629. The van der Waals surface area contributed by atoms with E-state index < -0.39 is 17.3 Å². The molecule has 4 nitrogen and oxygen atoms in total. The standard InChI is InChI=1S/C23H23ClN4/c1-22(2,3)15-7-8-17-18(10-15)20(14-5-4-6-16(24)9-14)23(12-26,13-27)21(28)19(17)11-25/h4-6,8-9,15,18-20,28H,7,10H2,1-3H3/t15-,18-,19?,20+/m1/s1. The van der Waals surface area contributed by atoms with Gasteiger partial charge in [0.2, 0.25) is 0 Å². The highest BCUT2D eigenvalue weighted by Gasteiger charge is 2.58. The summed E-state index contributed by atoms with van der Waals surface area (Å²) >= 11 is 6.23. The van der Waals surface area contributed by atoms with Crippen LogP contribution in [0.15, 0.2) is 35.9 Å². The number of nitriles is 3. The van der Waals surface area contributed by atoms with E-state index in [1.165, 1.54) is 0 Å². The van der Waals surface area contributed by atoms with Gasteiger partial charge in [-0.05, 0) is 53.4 Å². The predicted molar refractivity (Wildman–Crippen MR) is 108 cm³/mol. The normalized spacial score (nSPS) is 28.9. The lowest BCUT2D eigenvalue weighted by Crippen LogP contribution is -2.50. The molecule has 3 rings (SSSR count). The second-order valence-corrected chi connectivity index (χ2v) is 9.32. The van der Waals surface area contributed by atoms with Crippen molar-refractivity contribution in [2.45, 2.75) is 39.5 Å². The largest absolute Gasteiger partial charge is 0.305 e. The van der Waals surface area contributed by atoms with Gasteiger partial charge in [-0.25, -0.2) is 0 Å². The summed E-state index contributed by atoms with van der Waals surface area (Å²) in [6.45, 7) is 6.58. The number of benzene rings is 1. The van der Waals surface area contributed by atoms with Crippen molar-refractivity contribution < 1.29 is 0 Å². The van der Waals surface area contributed by atoms with Gasteiger partial charge in [0.1, 0.15) is 5.92 Å². The minimum absolute atomic E-state index is 0.0654. The smallest absolute Gasteiger partial charge is 0.189 e. The van der Waals surface area contributed by atoms with E-state index in [9.17, 15) is 15.8 Å². The van der Waals surface area contributed by atoms with Crippen molar-refractivity contribution in [2.75, 3.05) is 0 Å². The van der Waals surface area contributed by atoms with Crippen molar-refractivity contribution in [3.63, 3.8) is 0 Å². The molecule has 0 saturated heterocycles. The molecule has 142 valence electrons. The van der Waals surface area contributed by atoms with Crippen molar-refractivity contribution in [1.29, 1.82) is 21.2 Å². The number of fused-ring (bicyclic) bond motifs is 1. The Hall–Kier alpha value is -2.61. The molecule has 0 amide bonds. The van der Waals surface area contributed by atoms with E-state index in [0.29, 0.717) is 10.9 Å². The maximum atomic E-state index is 10.1. The molecule has 28 heavy (non-hydrogen) atoms. The van der Waals surface area contributed by atoms with E-state index in [2.05, 4.69) is 45.1 Å². The molecule has 1 saturated carbocycles. The van der Waals surface area contributed by atoms with E-state index in [4.69, 9.17) is 17.0 Å². The molecule has 0 bridgehead atoms. The summed E-state index contributed by atoms with van der Waals surface area (Å²) in [6.07, 6.45) is 3.71. The number of allylic oxidation sites excluding steroid dienone is 2. The van der Waals surface area contributed by atoms with Crippen LogP contribution in [0.5, 0.6) is 0 Å². The van der Waals surface area contributed by atoms with E-state index >= 15 is 0 Å². The van der Waals surface area contributed by atoms with Crippen LogP contribution in [0, 0.1) is 68.0 Å². The topological polar surface area (TPSA) is 95.2 Å². The molecule has 0 heterocycles. The van der Waals surface area contributed by atoms with Gasteiger partial charge in [0.05, 0.1) is 23.9 Å². The van der Waals surface area contributed by atoms with E-state index in [1.807, 2.05) is 12.1 Å². The van der Waals surface area contributed by atoms with Gasteiger partial charge in [-0.3, -0.25) is 0 Å². The number of nitrogens with zero attached hydrogens (tertiary/aromatic N) is 3. The van der Waals surface area contributed by atoms with E-state index in [0.717, 1.165) is 24.0 Å². The number of nitrogens with one attached hydrogen (secondary N) is 1. The molecule has 4 atom stereocenters. The maximum absolute atomic E-state index is 10.1. The summed E-state index contributed by atoms with van der Waals surface area (Å²) in [5, 5.41) is 39.1. The Labute approximate surface area is 171 Å². The summed E-state index contributed by atoms with van der Waals surface area (Å²) in [7, 11) is 0. The summed E-state index contributed by atoms with van der Waals surface area (Å²) < 4.78 is 0. The zero-order chi connectivity index (χ0) is 20.7. The SMILES string of the molecule is CC(C)(C)[C@@H]1CC=C2C(C#N)C(=N)C(C#N)(C#N)[C@@H](c3cccc(Cl)c3)[C@@H]2C1. The van der Waals surface area contributed by atoms with Gasteiger partial charge >= 0.3 is 0 Å². The van der Waals surface area contributed by atoms with Gasteiger partial charge in [0.15, 0.2) is 5.41 Å². The molecule has 0 aromatic heterocycles. The average Bonchev–Trinajstić information content (AvgIpc) is 2.66. The molecule has 0 spiro atoms. The number of halogens is 1. The third kappa shape index (κ3) is 3.01. The van der Waals surface area contributed by atoms with Crippen LogP contribution in [0.4, 0.5) is 0 Å². The van der Waals surface area contributed by atoms with Gasteiger partial charge in [-0.15, -0.1) is 0 Å². The summed E-state index contributed by atoms with van der Waals surface area (Å²) in [5.41, 5.74) is -0.0500. The Balaban J connectivity index is 2.26. The minimum Gasteiger partial charge on any atom is -0.305 e. The van der Waals surface area contributed by atoms with Crippen LogP contribution in [0.2, 0.25) is 5.02 Å². The van der Waals surface area contributed by atoms with Gasteiger partial charge in [0, 0.05) is 10.9 Å². The highest BCUT2D eigenvalue weighted by atomic mass is 35.5. The fourth-order valence-corrected chi connectivity index (χ4v) is 5.00. The van der Waals surface area contributed by atoms with Gasteiger partial charge < -0.3 is 5.41 Å². The Morgan fingerprint density at radius 2 is 1.86 bits per heavy atom. The molecule has 2 aliphatic carbocycles. The van der Waals surface area contributed by atoms with Crippen molar-refractivity contribution in [1.82, 2.24) is 0 Å². The Bertz CT molecular complexity index is 950. The summed E-state index contributed by atoms with van der Waals surface area (Å²) in [6, 6.07) is 13.7. The molecule has 1 unspecified atom stereocenters. The van der Waals surface area contributed by atoms with E-state index in [-0.39, 0.29) is 17.0 Å². The van der Waals surface area contributed by atoms with Gasteiger partial charge in [-0.1, -0.05) is 50.6 Å². The van der Waals surface area contributed by atoms with Crippen LogP contribution in [0.25, 0.3) is 0 Å². The molecular formula is C23H23ClN4. The van der Waals surface area contributed by atoms with Crippen molar-refractivity contribution in [3.05, 3.63) is 46.5 Å². The average molecular weight is 391 g/mol. The predicted octanol–water partition coefficient (Wildman–Crippen LogP) is 5.63. The second kappa shape index (κ2) is 7.09. The fraction of sp³-hybridized carbons (Fsp3) is 0.478. The van der Waals surface area contributed by atoms with Crippen LogP contribution in [0.3, 0.4) is 0 Å². The number of hydrogen-bond acceptors (Lipinski definition) is 4. The van der Waals surface area contributed by atoms with Crippen molar-refractivity contribution in [2.24, 2.45) is 28.6 Å². The molecule has 1 N–H and O–H groups in total. The highest BCUT2D eigenvalue weighted by molar-refractivity contribution is 6.30. The molecular weight excluding hydrogens is 368 g/mol.